The summed E-state index contributed by atoms with van der Waals surface area (Å²) in [4.78, 5) is 2.48. The fraction of sp³-hybridized carbons (Fsp3) is 1.00. The van der Waals surface area contributed by atoms with E-state index in [1.165, 1.54) is 45.2 Å². The van der Waals surface area contributed by atoms with Crippen molar-refractivity contribution in [2.24, 2.45) is 11.8 Å². The normalized spacial score (nSPS) is 17.8. The largest absolute Gasteiger partial charge is 0.315 e. The molecule has 2 heteroatoms. The molecule has 0 aromatic heterocycles. The highest BCUT2D eigenvalue weighted by Gasteiger charge is 2.14. The van der Waals surface area contributed by atoms with E-state index in [1.54, 1.807) is 0 Å². The van der Waals surface area contributed by atoms with Gasteiger partial charge in [-0.25, -0.2) is 0 Å². The maximum atomic E-state index is 3.50. The number of likely N-dealkylation sites (N-methyl/N-ethyl adjacent to an activating group) is 1. The molecule has 1 saturated carbocycles. The molecule has 0 unspecified atom stereocenters. The van der Waals surface area contributed by atoms with E-state index >= 15 is 0 Å². The minimum absolute atomic E-state index is 0.767. The van der Waals surface area contributed by atoms with Gasteiger partial charge >= 0.3 is 0 Å². The summed E-state index contributed by atoms with van der Waals surface area (Å²) >= 11 is 0. The smallest absolute Gasteiger partial charge is 0.0104 e. The molecule has 0 aromatic carbocycles. The van der Waals surface area contributed by atoms with Crippen LogP contribution in [-0.2, 0) is 0 Å². The van der Waals surface area contributed by atoms with Gasteiger partial charge in [0.2, 0.25) is 0 Å². The molecule has 1 aliphatic carbocycles. The minimum Gasteiger partial charge on any atom is -0.315 e. The van der Waals surface area contributed by atoms with E-state index in [9.17, 15) is 0 Å². The number of hydrogen-bond acceptors (Lipinski definition) is 2. The maximum absolute atomic E-state index is 3.50. The summed E-state index contributed by atoms with van der Waals surface area (Å²) in [6.07, 6.45) is 7.34. The van der Waals surface area contributed by atoms with Gasteiger partial charge in [-0.1, -0.05) is 39.5 Å². The monoisotopic (exact) mass is 226 g/mol. The molecule has 0 aromatic rings. The van der Waals surface area contributed by atoms with Crippen molar-refractivity contribution in [3.05, 3.63) is 0 Å². The van der Waals surface area contributed by atoms with E-state index < -0.39 is 0 Å². The van der Waals surface area contributed by atoms with Gasteiger partial charge in [0, 0.05) is 13.1 Å². The highest BCUT2D eigenvalue weighted by Crippen LogP contribution is 2.27. The van der Waals surface area contributed by atoms with E-state index in [0.717, 1.165) is 24.9 Å². The predicted octanol–water partition coefficient (Wildman–Crippen LogP) is 2.74. The van der Waals surface area contributed by atoms with Crippen molar-refractivity contribution in [3.8, 4) is 0 Å². The predicted molar refractivity (Wildman–Crippen MR) is 71.8 cm³/mol. The Morgan fingerprint density at radius 1 is 1.19 bits per heavy atom. The van der Waals surface area contributed by atoms with E-state index in [4.69, 9.17) is 0 Å². The Balaban J connectivity index is 1.91. The van der Waals surface area contributed by atoms with Crippen molar-refractivity contribution < 1.29 is 0 Å². The van der Waals surface area contributed by atoms with Gasteiger partial charge in [0.15, 0.2) is 0 Å². The number of nitrogens with zero attached hydrogens (tertiary/aromatic N) is 1. The Morgan fingerprint density at radius 3 is 2.50 bits per heavy atom. The third kappa shape index (κ3) is 6.49. The first-order chi connectivity index (χ1) is 7.68. The van der Waals surface area contributed by atoms with Crippen LogP contribution in [0, 0.1) is 11.8 Å². The van der Waals surface area contributed by atoms with Crippen LogP contribution in [0.4, 0.5) is 0 Å². The molecular formula is C14H30N2. The van der Waals surface area contributed by atoms with Crippen LogP contribution >= 0.6 is 0 Å². The second kappa shape index (κ2) is 8.08. The van der Waals surface area contributed by atoms with Gasteiger partial charge in [0.05, 0.1) is 0 Å². The average Bonchev–Trinajstić information content (AvgIpc) is 2.74. The van der Waals surface area contributed by atoms with Crippen molar-refractivity contribution in [3.63, 3.8) is 0 Å². The lowest BCUT2D eigenvalue weighted by Gasteiger charge is -2.19. The van der Waals surface area contributed by atoms with Crippen LogP contribution in [-0.4, -0.2) is 38.1 Å². The zero-order valence-corrected chi connectivity index (χ0v) is 11.5. The SMILES string of the molecule is CC(C)CNCCN(C)CCC1CCCC1. The lowest BCUT2D eigenvalue weighted by Crippen LogP contribution is -2.32. The van der Waals surface area contributed by atoms with Crippen LogP contribution in [0.15, 0.2) is 0 Å². The molecule has 0 aliphatic heterocycles. The first-order valence-electron chi connectivity index (χ1n) is 7.07. The van der Waals surface area contributed by atoms with E-state index in [-0.39, 0.29) is 0 Å². The molecule has 0 radical (unpaired) electrons. The zero-order valence-electron chi connectivity index (χ0n) is 11.5. The summed E-state index contributed by atoms with van der Waals surface area (Å²) < 4.78 is 0. The summed E-state index contributed by atoms with van der Waals surface area (Å²) in [7, 11) is 2.26. The van der Waals surface area contributed by atoms with E-state index in [2.05, 4.69) is 31.1 Å². The molecule has 1 aliphatic rings. The average molecular weight is 226 g/mol. The Kier molecular flexibility index (Phi) is 7.06. The third-order valence-electron chi connectivity index (χ3n) is 3.62. The van der Waals surface area contributed by atoms with Crippen molar-refractivity contribution in [1.29, 1.82) is 0 Å². The molecule has 0 spiro atoms. The molecule has 0 atom stereocenters. The Labute approximate surface area is 102 Å². The maximum Gasteiger partial charge on any atom is 0.0104 e. The highest BCUT2D eigenvalue weighted by molar-refractivity contribution is 4.68. The topological polar surface area (TPSA) is 15.3 Å². The molecule has 0 bridgehead atoms. The van der Waals surface area contributed by atoms with Gasteiger partial charge in [-0.05, 0) is 38.4 Å². The lowest BCUT2D eigenvalue weighted by molar-refractivity contribution is 0.298. The quantitative estimate of drug-likeness (QED) is 0.640. The Morgan fingerprint density at radius 2 is 1.88 bits per heavy atom. The molecule has 1 N–H and O–H groups in total. The van der Waals surface area contributed by atoms with Crippen molar-refractivity contribution >= 4 is 0 Å². The van der Waals surface area contributed by atoms with Gasteiger partial charge < -0.3 is 10.2 Å². The summed E-state index contributed by atoms with van der Waals surface area (Å²) in [5, 5.41) is 3.50. The number of nitrogens with one attached hydrogen (secondary N) is 1. The van der Waals surface area contributed by atoms with Crippen molar-refractivity contribution in [2.45, 2.75) is 46.0 Å². The van der Waals surface area contributed by atoms with Crippen molar-refractivity contribution in [2.75, 3.05) is 33.2 Å². The fourth-order valence-electron chi connectivity index (χ4n) is 2.47. The fourth-order valence-corrected chi connectivity index (χ4v) is 2.47. The van der Waals surface area contributed by atoms with E-state index in [1.807, 2.05) is 0 Å². The molecule has 16 heavy (non-hydrogen) atoms. The summed E-state index contributed by atoms with van der Waals surface area (Å²) in [5.74, 6) is 1.80. The van der Waals surface area contributed by atoms with Crippen LogP contribution in [0.25, 0.3) is 0 Å². The molecule has 96 valence electrons. The zero-order chi connectivity index (χ0) is 11.8. The van der Waals surface area contributed by atoms with Gasteiger partial charge in [-0.3, -0.25) is 0 Å². The lowest BCUT2D eigenvalue weighted by atomic mass is 10.0. The summed E-state index contributed by atoms with van der Waals surface area (Å²) in [6, 6.07) is 0. The summed E-state index contributed by atoms with van der Waals surface area (Å²) in [5.41, 5.74) is 0. The molecule has 1 fully saturated rings. The second-order valence-corrected chi connectivity index (χ2v) is 5.84. The first-order valence-corrected chi connectivity index (χ1v) is 7.07. The highest BCUT2D eigenvalue weighted by atomic mass is 15.1. The van der Waals surface area contributed by atoms with Gasteiger partial charge in [0.1, 0.15) is 0 Å². The molecule has 0 amide bonds. The molecular weight excluding hydrogens is 196 g/mol. The Hall–Kier alpha value is -0.0800. The summed E-state index contributed by atoms with van der Waals surface area (Å²) in [6.45, 7) is 9.29. The second-order valence-electron chi connectivity index (χ2n) is 5.84. The van der Waals surface area contributed by atoms with Crippen LogP contribution in [0.2, 0.25) is 0 Å². The van der Waals surface area contributed by atoms with Crippen LogP contribution in [0.3, 0.4) is 0 Å². The molecule has 1 rings (SSSR count). The van der Waals surface area contributed by atoms with Gasteiger partial charge in [0.25, 0.3) is 0 Å². The van der Waals surface area contributed by atoms with E-state index in [0.29, 0.717) is 0 Å². The molecule has 0 saturated heterocycles. The van der Waals surface area contributed by atoms with Crippen LogP contribution < -0.4 is 5.32 Å². The number of rotatable bonds is 8. The third-order valence-corrected chi connectivity index (χ3v) is 3.62. The standard InChI is InChI=1S/C14H30N2/c1-13(2)12-15-9-11-16(3)10-8-14-6-4-5-7-14/h13-15H,4-12H2,1-3H3. The van der Waals surface area contributed by atoms with Gasteiger partial charge in [-0.15, -0.1) is 0 Å². The van der Waals surface area contributed by atoms with Crippen LogP contribution in [0.5, 0.6) is 0 Å². The number of hydrogen-bond donors (Lipinski definition) is 1. The van der Waals surface area contributed by atoms with Crippen molar-refractivity contribution in [1.82, 2.24) is 10.2 Å². The molecule has 0 heterocycles. The van der Waals surface area contributed by atoms with Crippen LogP contribution in [0.1, 0.15) is 46.0 Å². The van der Waals surface area contributed by atoms with Gasteiger partial charge in [-0.2, -0.15) is 0 Å². The minimum atomic E-state index is 0.767. The Bertz CT molecular complexity index is 162. The molecule has 2 nitrogen and oxygen atoms in total. The first kappa shape index (κ1) is 14.0.